The smallest absolute Gasteiger partial charge is 0.150 e. The fourth-order valence-electron chi connectivity index (χ4n) is 3.42. The molecule has 0 aromatic carbocycles. The molecule has 0 aliphatic heterocycles. The van der Waals surface area contributed by atoms with Crippen molar-refractivity contribution < 1.29 is 8.42 Å². The van der Waals surface area contributed by atoms with E-state index in [-0.39, 0.29) is 0 Å². The van der Waals surface area contributed by atoms with Crippen LogP contribution in [0.5, 0.6) is 0 Å². The van der Waals surface area contributed by atoms with E-state index in [4.69, 9.17) is 0 Å². The number of hydrogen-bond donors (Lipinski definition) is 0. The number of unbranched alkanes of at least 4 members (excludes halogenated alkanes) is 13. The number of hydrogen-bond acceptors (Lipinski definition) is 2. The Morgan fingerprint density at radius 2 is 0.885 bits per heavy atom. The van der Waals surface area contributed by atoms with Crippen LogP contribution in [0.15, 0.2) is 0 Å². The molecule has 0 unspecified atom stereocenters. The number of rotatable bonds is 18. The molecule has 0 saturated heterocycles. The van der Waals surface area contributed by atoms with E-state index >= 15 is 0 Å². The maximum atomic E-state index is 12.1. The summed E-state index contributed by atoms with van der Waals surface area (Å²) in [6.45, 7) is 9.15. The highest BCUT2D eigenvalue weighted by atomic mass is 32.2. The van der Waals surface area contributed by atoms with E-state index in [1.807, 2.05) is 0 Å². The van der Waals surface area contributed by atoms with Crippen molar-refractivity contribution in [1.29, 1.82) is 0 Å². The van der Waals surface area contributed by atoms with Crippen LogP contribution in [-0.4, -0.2) is 19.9 Å². The zero-order valence-electron chi connectivity index (χ0n) is 18.5. The molecule has 158 valence electrons. The van der Waals surface area contributed by atoms with Crippen LogP contribution in [0.25, 0.3) is 0 Å². The van der Waals surface area contributed by atoms with Crippen LogP contribution in [0.1, 0.15) is 130 Å². The lowest BCUT2D eigenvalue weighted by molar-refractivity contribution is 0.356. The lowest BCUT2D eigenvalue weighted by atomic mass is 9.89. The first kappa shape index (κ1) is 26.0. The highest BCUT2D eigenvalue weighted by Crippen LogP contribution is 2.22. The van der Waals surface area contributed by atoms with E-state index in [0.29, 0.717) is 16.9 Å². The van der Waals surface area contributed by atoms with Gasteiger partial charge in [-0.1, -0.05) is 111 Å². The predicted octanol–water partition coefficient (Wildman–Crippen LogP) is 7.71. The van der Waals surface area contributed by atoms with Gasteiger partial charge in [-0.15, -0.1) is 0 Å². The van der Waals surface area contributed by atoms with E-state index < -0.39 is 9.84 Å². The van der Waals surface area contributed by atoms with Crippen LogP contribution in [-0.2, 0) is 9.84 Å². The normalized spacial score (nSPS) is 12.6. The van der Waals surface area contributed by atoms with Gasteiger partial charge in [0.15, 0.2) is 0 Å². The van der Waals surface area contributed by atoms with Gasteiger partial charge in [0.05, 0.1) is 11.5 Å². The van der Waals surface area contributed by atoms with Crippen LogP contribution in [0.2, 0.25) is 0 Å². The Morgan fingerprint density at radius 3 is 1.27 bits per heavy atom. The molecule has 0 N–H and O–H groups in total. The molecule has 0 rings (SSSR count). The van der Waals surface area contributed by atoms with Gasteiger partial charge in [-0.3, -0.25) is 0 Å². The molecule has 0 atom stereocenters. The highest BCUT2D eigenvalue weighted by molar-refractivity contribution is 7.91. The van der Waals surface area contributed by atoms with E-state index in [1.54, 1.807) is 0 Å². The van der Waals surface area contributed by atoms with Gasteiger partial charge in [-0.25, -0.2) is 8.42 Å². The topological polar surface area (TPSA) is 34.1 Å². The lowest BCUT2D eigenvalue weighted by Gasteiger charge is -2.17. The monoisotopic (exact) mass is 388 g/mol. The second kappa shape index (κ2) is 16.0. The molecule has 0 fully saturated rings. The summed E-state index contributed by atoms with van der Waals surface area (Å²) < 4.78 is 24.1. The average Bonchev–Trinajstić information content (AvgIpc) is 2.54. The van der Waals surface area contributed by atoms with Crippen molar-refractivity contribution in [3.05, 3.63) is 0 Å². The van der Waals surface area contributed by atoms with Crippen LogP contribution in [0.3, 0.4) is 0 Å². The quantitative estimate of drug-likeness (QED) is 0.225. The van der Waals surface area contributed by atoms with E-state index in [2.05, 4.69) is 27.7 Å². The molecule has 26 heavy (non-hydrogen) atoms. The van der Waals surface area contributed by atoms with Gasteiger partial charge in [0.1, 0.15) is 9.84 Å². The average molecular weight is 389 g/mol. The van der Waals surface area contributed by atoms with Gasteiger partial charge in [-0.05, 0) is 24.7 Å². The third-order valence-electron chi connectivity index (χ3n) is 5.19. The molecule has 0 aromatic rings. The van der Waals surface area contributed by atoms with Crippen molar-refractivity contribution >= 4 is 9.84 Å². The summed E-state index contributed by atoms with van der Waals surface area (Å²) in [5, 5.41) is 0. The Balaban J connectivity index is 3.41. The predicted molar refractivity (Wildman–Crippen MR) is 118 cm³/mol. The third-order valence-corrected chi connectivity index (χ3v) is 7.01. The standard InChI is InChI=1S/C23H48O2S/c1-5-6-7-8-9-12-15-18-21-26(24,25)22-19-16-13-10-11-14-17-20-23(2,3)4/h5-22H2,1-4H3. The van der Waals surface area contributed by atoms with Gasteiger partial charge >= 0.3 is 0 Å². The molecular formula is C23H48O2S. The maximum absolute atomic E-state index is 12.1. The second-order valence-electron chi connectivity index (χ2n) is 9.41. The minimum Gasteiger partial charge on any atom is -0.229 e. The summed E-state index contributed by atoms with van der Waals surface area (Å²) in [6.07, 6.45) is 19.4. The summed E-state index contributed by atoms with van der Waals surface area (Å²) in [4.78, 5) is 0. The maximum Gasteiger partial charge on any atom is 0.150 e. The van der Waals surface area contributed by atoms with Crippen molar-refractivity contribution in [2.75, 3.05) is 11.5 Å². The van der Waals surface area contributed by atoms with Crippen molar-refractivity contribution in [3.8, 4) is 0 Å². The second-order valence-corrected chi connectivity index (χ2v) is 11.7. The highest BCUT2D eigenvalue weighted by Gasteiger charge is 2.10. The Morgan fingerprint density at radius 1 is 0.538 bits per heavy atom. The first-order valence-electron chi connectivity index (χ1n) is 11.5. The summed E-state index contributed by atoms with van der Waals surface area (Å²) in [6, 6.07) is 0. The van der Waals surface area contributed by atoms with Crippen LogP contribution >= 0.6 is 0 Å². The van der Waals surface area contributed by atoms with Gasteiger partial charge in [-0.2, -0.15) is 0 Å². The fourth-order valence-corrected chi connectivity index (χ4v) is 4.91. The van der Waals surface area contributed by atoms with Crippen molar-refractivity contribution in [3.63, 3.8) is 0 Å². The molecule has 0 heterocycles. The van der Waals surface area contributed by atoms with Crippen molar-refractivity contribution in [2.45, 2.75) is 130 Å². The molecule has 0 aromatic heterocycles. The minimum atomic E-state index is -2.80. The van der Waals surface area contributed by atoms with Gasteiger partial charge < -0.3 is 0 Å². The number of sulfone groups is 1. The summed E-state index contributed by atoms with van der Waals surface area (Å²) in [7, 11) is -2.80. The SMILES string of the molecule is CCCCCCCCCCS(=O)(=O)CCCCCCCCCC(C)(C)C. The van der Waals surface area contributed by atoms with Gasteiger partial charge in [0.25, 0.3) is 0 Å². The fraction of sp³-hybridized carbons (Fsp3) is 1.00. The Kier molecular flexibility index (Phi) is 15.9. The van der Waals surface area contributed by atoms with Crippen LogP contribution in [0.4, 0.5) is 0 Å². The molecule has 3 heteroatoms. The molecule has 2 nitrogen and oxygen atoms in total. The Labute approximate surface area is 165 Å². The third kappa shape index (κ3) is 20.3. The molecule has 0 aliphatic carbocycles. The Hall–Kier alpha value is -0.0500. The molecule has 0 amide bonds. The molecule has 0 spiro atoms. The van der Waals surface area contributed by atoms with E-state index in [0.717, 1.165) is 25.7 Å². The van der Waals surface area contributed by atoms with Gasteiger partial charge in [0.2, 0.25) is 0 Å². The largest absolute Gasteiger partial charge is 0.229 e. The van der Waals surface area contributed by atoms with Crippen LogP contribution in [0, 0.1) is 5.41 Å². The zero-order chi connectivity index (χ0) is 19.7. The van der Waals surface area contributed by atoms with Gasteiger partial charge in [0, 0.05) is 0 Å². The van der Waals surface area contributed by atoms with Crippen molar-refractivity contribution in [1.82, 2.24) is 0 Å². The first-order chi connectivity index (χ1) is 12.3. The lowest BCUT2D eigenvalue weighted by Crippen LogP contribution is -2.11. The van der Waals surface area contributed by atoms with E-state index in [1.165, 1.54) is 77.0 Å². The summed E-state index contributed by atoms with van der Waals surface area (Å²) >= 11 is 0. The van der Waals surface area contributed by atoms with E-state index in [9.17, 15) is 8.42 Å². The summed E-state index contributed by atoms with van der Waals surface area (Å²) in [5.74, 6) is 0.822. The summed E-state index contributed by atoms with van der Waals surface area (Å²) in [5.41, 5.74) is 0.462. The molecular weight excluding hydrogens is 340 g/mol. The minimum absolute atomic E-state index is 0.410. The zero-order valence-corrected chi connectivity index (χ0v) is 19.3. The molecule has 0 radical (unpaired) electrons. The van der Waals surface area contributed by atoms with Crippen molar-refractivity contribution in [2.24, 2.45) is 5.41 Å². The first-order valence-corrected chi connectivity index (χ1v) is 13.3. The molecule has 0 aliphatic rings. The van der Waals surface area contributed by atoms with Crippen LogP contribution < -0.4 is 0 Å². The Bertz CT molecular complexity index is 393. The molecule has 0 bridgehead atoms. The molecule has 0 saturated carbocycles.